The zero-order chi connectivity index (χ0) is 19.4. The Hall–Kier alpha value is -2.19. The highest BCUT2D eigenvalue weighted by Gasteiger charge is 2.27. The van der Waals surface area contributed by atoms with Crippen molar-refractivity contribution in [2.24, 2.45) is 0 Å². The number of esters is 2. The highest BCUT2D eigenvalue weighted by atomic mass is 32.1. The van der Waals surface area contributed by atoms with Crippen LogP contribution in [-0.2, 0) is 9.47 Å². The van der Waals surface area contributed by atoms with Gasteiger partial charge in [-0.3, -0.25) is 4.79 Å². The quantitative estimate of drug-likeness (QED) is 0.736. The first kappa shape index (κ1) is 20.1. The van der Waals surface area contributed by atoms with Crippen molar-refractivity contribution in [3.8, 4) is 0 Å². The molecule has 140 valence electrons. The van der Waals surface area contributed by atoms with Gasteiger partial charge in [0.25, 0.3) is 5.91 Å². The fourth-order valence-corrected chi connectivity index (χ4v) is 4.29. The maximum absolute atomic E-state index is 12.6. The molecular formula is C18H21NO5S2. The van der Waals surface area contributed by atoms with E-state index in [9.17, 15) is 14.4 Å². The smallest absolute Gasteiger partial charge is 0.348 e. The average molecular weight is 396 g/mol. The fraction of sp³-hybridized carbons (Fsp3) is 0.389. The molecule has 0 aliphatic rings. The number of aryl methyl sites for hydroxylation is 2. The van der Waals surface area contributed by atoms with E-state index in [1.165, 1.54) is 18.4 Å². The molecule has 8 heteroatoms. The molecule has 2 aromatic heterocycles. The summed E-state index contributed by atoms with van der Waals surface area (Å²) in [6.07, 6.45) is 0.675. The summed E-state index contributed by atoms with van der Waals surface area (Å²) in [5.74, 6) is -1.45. The molecule has 0 unspecified atom stereocenters. The van der Waals surface area contributed by atoms with E-state index < -0.39 is 11.9 Å². The Kier molecular flexibility index (Phi) is 6.55. The Bertz CT molecular complexity index is 831. The van der Waals surface area contributed by atoms with Crippen molar-refractivity contribution in [2.45, 2.75) is 34.1 Å². The van der Waals surface area contributed by atoms with Gasteiger partial charge >= 0.3 is 11.9 Å². The topological polar surface area (TPSA) is 81.7 Å². The second-order valence-corrected chi connectivity index (χ2v) is 7.97. The average Bonchev–Trinajstić information content (AvgIpc) is 3.11. The van der Waals surface area contributed by atoms with E-state index in [1.54, 1.807) is 13.0 Å². The number of hydrogen-bond acceptors (Lipinski definition) is 7. The van der Waals surface area contributed by atoms with Gasteiger partial charge in [0.2, 0.25) is 0 Å². The lowest BCUT2D eigenvalue weighted by Crippen LogP contribution is -2.14. The molecule has 0 spiro atoms. The highest BCUT2D eigenvalue weighted by molar-refractivity contribution is 7.19. The van der Waals surface area contributed by atoms with Gasteiger partial charge in [0.05, 0.1) is 24.2 Å². The van der Waals surface area contributed by atoms with Gasteiger partial charge in [0, 0.05) is 4.88 Å². The number of nitrogens with one attached hydrogen (secondary N) is 1. The number of anilines is 1. The van der Waals surface area contributed by atoms with Crippen LogP contribution in [0.5, 0.6) is 0 Å². The maximum Gasteiger partial charge on any atom is 0.348 e. The number of rotatable bonds is 6. The van der Waals surface area contributed by atoms with Crippen molar-refractivity contribution >= 4 is 45.5 Å². The summed E-state index contributed by atoms with van der Waals surface area (Å²) in [7, 11) is 1.27. The molecule has 1 amide bonds. The summed E-state index contributed by atoms with van der Waals surface area (Å²) >= 11 is 2.39. The number of methoxy groups -OCH3 is 1. The van der Waals surface area contributed by atoms with Crippen LogP contribution in [0.2, 0.25) is 0 Å². The molecular weight excluding hydrogens is 374 g/mol. The number of hydrogen-bond donors (Lipinski definition) is 1. The largest absolute Gasteiger partial charge is 0.465 e. The molecule has 0 bridgehead atoms. The first-order valence-corrected chi connectivity index (χ1v) is 9.70. The third-order valence-corrected chi connectivity index (χ3v) is 6.11. The third kappa shape index (κ3) is 4.13. The van der Waals surface area contributed by atoms with Gasteiger partial charge in [-0.1, -0.05) is 6.92 Å². The van der Waals surface area contributed by atoms with Crippen LogP contribution in [0, 0.1) is 20.8 Å². The van der Waals surface area contributed by atoms with E-state index in [0.717, 1.165) is 21.8 Å². The van der Waals surface area contributed by atoms with Crippen LogP contribution in [0.1, 0.15) is 59.0 Å². The third-order valence-electron chi connectivity index (χ3n) is 3.78. The summed E-state index contributed by atoms with van der Waals surface area (Å²) in [5.41, 5.74) is 1.67. The van der Waals surface area contributed by atoms with Crippen molar-refractivity contribution in [3.05, 3.63) is 37.4 Å². The fourth-order valence-electron chi connectivity index (χ4n) is 2.25. The van der Waals surface area contributed by atoms with Crippen molar-refractivity contribution in [2.75, 3.05) is 19.0 Å². The molecule has 26 heavy (non-hydrogen) atoms. The number of carbonyl (C=O) groups excluding carboxylic acids is 3. The maximum atomic E-state index is 12.6. The molecule has 0 aliphatic heterocycles. The molecule has 0 saturated heterocycles. The van der Waals surface area contributed by atoms with E-state index >= 15 is 0 Å². The molecule has 0 atom stereocenters. The van der Waals surface area contributed by atoms with Gasteiger partial charge in [-0.25, -0.2) is 9.59 Å². The van der Waals surface area contributed by atoms with E-state index in [1.807, 2.05) is 20.8 Å². The summed E-state index contributed by atoms with van der Waals surface area (Å²) in [6, 6.07) is 1.80. The van der Waals surface area contributed by atoms with Crippen LogP contribution in [0.3, 0.4) is 0 Å². The molecule has 1 N–H and O–H groups in total. The highest BCUT2D eigenvalue weighted by Crippen LogP contribution is 2.35. The second-order valence-electron chi connectivity index (χ2n) is 5.69. The van der Waals surface area contributed by atoms with E-state index in [2.05, 4.69) is 5.32 Å². The van der Waals surface area contributed by atoms with Gasteiger partial charge < -0.3 is 14.8 Å². The monoisotopic (exact) mass is 395 g/mol. The molecule has 6 nitrogen and oxygen atoms in total. The van der Waals surface area contributed by atoms with Crippen LogP contribution in [0.15, 0.2) is 6.07 Å². The predicted molar refractivity (Wildman–Crippen MR) is 103 cm³/mol. The van der Waals surface area contributed by atoms with Gasteiger partial charge in [-0.2, -0.15) is 0 Å². The molecule has 2 aromatic rings. The number of carbonyl (C=O) groups is 3. The van der Waals surface area contributed by atoms with Crippen molar-refractivity contribution in [3.63, 3.8) is 0 Å². The van der Waals surface area contributed by atoms with Crippen molar-refractivity contribution in [1.29, 1.82) is 0 Å². The van der Waals surface area contributed by atoms with Crippen LogP contribution in [0.4, 0.5) is 5.00 Å². The first-order chi connectivity index (χ1) is 12.3. The first-order valence-electron chi connectivity index (χ1n) is 8.07. The second kappa shape index (κ2) is 8.46. The molecule has 0 saturated carbocycles. The standard InChI is InChI=1S/C18H21NO5S2/c1-6-7-24-17(21)13-10(3)14(18(22)23-5)26-16(13)19-15(20)12-8-9(2)11(4)25-12/h8H,6-7H2,1-5H3,(H,19,20). The summed E-state index contributed by atoms with van der Waals surface area (Å²) in [4.78, 5) is 38.8. The van der Waals surface area contributed by atoms with Gasteiger partial charge in [0.1, 0.15) is 9.88 Å². The van der Waals surface area contributed by atoms with Crippen molar-refractivity contribution in [1.82, 2.24) is 0 Å². The number of amides is 1. The molecule has 0 aliphatic carbocycles. The molecule has 2 heterocycles. The molecule has 0 aromatic carbocycles. The van der Waals surface area contributed by atoms with E-state index in [0.29, 0.717) is 16.9 Å². The van der Waals surface area contributed by atoms with Crippen molar-refractivity contribution < 1.29 is 23.9 Å². The Morgan fingerprint density at radius 3 is 2.35 bits per heavy atom. The summed E-state index contributed by atoms with van der Waals surface area (Å²) in [5, 5.41) is 3.04. The minimum Gasteiger partial charge on any atom is -0.465 e. The SMILES string of the molecule is CCCOC(=O)c1c(NC(=O)c2cc(C)c(C)s2)sc(C(=O)OC)c1C. The van der Waals surface area contributed by atoms with E-state index in [-0.39, 0.29) is 28.0 Å². The molecule has 0 fully saturated rings. The predicted octanol–water partition coefficient (Wildman–Crippen LogP) is 4.34. The molecule has 0 radical (unpaired) electrons. The van der Waals surface area contributed by atoms with Crippen LogP contribution < -0.4 is 5.32 Å². The van der Waals surface area contributed by atoms with Crippen LogP contribution in [0.25, 0.3) is 0 Å². The van der Waals surface area contributed by atoms with Gasteiger partial charge in [0.15, 0.2) is 0 Å². The van der Waals surface area contributed by atoms with Crippen LogP contribution >= 0.6 is 22.7 Å². The normalized spacial score (nSPS) is 10.5. The lowest BCUT2D eigenvalue weighted by atomic mass is 10.1. The number of thiophene rings is 2. The van der Waals surface area contributed by atoms with Gasteiger partial charge in [-0.15, -0.1) is 22.7 Å². The number of ether oxygens (including phenoxy) is 2. The Morgan fingerprint density at radius 1 is 1.12 bits per heavy atom. The Balaban J connectivity index is 2.40. The van der Waals surface area contributed by atoms with Gasteiger partial charge in [-0.05, 0) is 44.4 Å². The zero-order valence-electron chi connectivity index (χ0n) is 15.3. The lowest BCUT2D eigenvalue weighted by molar-refractivity contribution is 0.0506. The minimum atomic E-state index is -0.565. The Morgan fingerprint density at radius 2 is 1.81 bits per heavy atom. The van der Waals surface area contributed by atoms with E-state index in [4.69, 9.17) is 9.47 Å². The minimum absolute atomic E-state index is 0.196. The molecule has 2 rings (SSSR count). The summed E-state index contributed by atoms with van der Waals surface area (Å²) < 4.78 is 9.97. The van der Waals surface area contributed by atoms with Crippen LogP contribution in [-0.4, -0.2) is 31.6 Å². The lowest BCUT2D eigenvalue weighted by Gasteiger charge is -2.07. The Labute approximate surface area is 160 Å². The summed E-state index contributed by atoms with van der Waals surface area (Å²) in [6.45, 7) is 7.66. The zero-order valence-corrected chi connectivity index (χ0v) is 17.0.